The fourth-order valence-corrected chi connectivity index (χ4v) is 1.66. The quantitative estimate of drug-likeness (QED) is 0.686. The number of allylic oxidation sites excluding steroid dienone is 2. The van der Waals surface area contributed by atoms with Gasteiger partial charge in [0.15, 0.2) is 5.78 Å². The van der Waals surface area contributed by atoms with Gasteiger partial charge >= 0.3 is 0 Å². The van der Waals surface area contributed by atoms with E-state index in [0.29, 0.717) is 6.42 Å². The van der Waals surface area contributed by atoms with Crippen LogP contribution in [-0.2, 0) is 11.3 Å². The third-order valence-corrected chi connectivity index (χ3v) is 2.32. The van der Waals surface area contributed by atoms with Gasteiger partial charge in [-0.3, -0.25) is 9.48 Å². The van der Waals surface area contributed by atoms with E-state index in [4.69, 9.17) is 0 Å². The van der Waals surface area contributed by atoms with Crippen LogP contribution in [0.2, 0.25) is 0 Å². The number of ketones is 1. The Morgan fingerprint density at radius 3 is 3.00 bits per heavy atom. The van der Waals surface area contributed by atoms with E-state index in [-0.39, 0.29) is 5.78 Å². The summed E-state index contributed by atoms with van der Waals surface area (Å²) in [4.78, 5) is 11.0. The summed E-state index contributed by atoms with van der Waals surface area (Å²) in [5, 5.41) is 4.17. The van der Waals surface area contributed by atoms with Crippen molar-refractivity contribution in [3.05, 3.63) is 24.0 Å². The Hall–Kier alpha value is -1.38. The van der Waals surface area contributed by atoms with Crippen molar-refractivity contribution in [2.24, 2.45) is 0 Å². The van der Waals surface area contributed by atoms with Crippen LogP contribution in [0.25, 0.3) is 5.57 Å². The Labute approximate surface area is 77.1 Å². The predicted octanol–water partition coefficient (Wildman–Crippen LogP) is 1.65. The molecule has 0 saturated carbocycles. The molecule has 0 radical (unpaired) electrons. The van der Waals surface area contributed by atoms with Crippen molar-refractivity contribution in [2.45, 2.75) is 26.3 Å². The zero-order valence-corrected chi connectivity index (χ0v) is 7.66. The second-order valence-corrected chi connectivity index (χ2v) is 3.17. The number of carbonyl (C=O) groups is 1. The van der Waals surface area contributed by atoms with Gasteiger partial charge in [0.25, 0.3) is 0 Å². The molecular weight excluding hydrogens is 164 g/mol. The molecular formula is C10H12N2O. The second-order valence-electron chi connectivity index (χ2n) is 3.17. The van der Waals surface area contributed by atoms with Gasteiger partial charge in [0.1, 0.15) is 0 Å². The molecule has 0 fully saturated rings. The summed E-state index contributed by atoms with van der Waals surface area (Å²) in [6.07, 6.45) is 5.04. The Bertz CT molecular complexity index is 363. The Balaban J connectivity index is 2.35. The number of hydrogen-bond donors (Lipinski definition) is 0. The molecule has 1 heterocycles. The smallest absolute Gasteiger partial charge is 0.156 e. The number of aryl methyl sites for hydroxylation is 1. The normalized spacial score (nSPS) is 16.4. The maximum Gasteiger partial charge on any atom is 0.156 e. The molecule has 0 amide bonds. The SMILES string of the molecule is CCn1nccc1C1=CC(=O)CC1. The summed E-state index contributed by atoms with van der Waals surface area (Å²) >= 11 is 0. The van der Waals surface area contributed by atoms with Gasteiger partial charge in [-0.25, -0.2) is 0 Å². The molecule has 3 heteroatoms. The maximum atomic E-state index is 11.0. The molecule has 0 aliphatic heterocycles. The molecule has 0 N–H and O–H groups in total. The van der Waals surface area contributed by atoms with Gasteiger partial charge in [-0.05, 0) is 31.1 Å². The Kier molecular flexibility index (Phi) is 2.00. The highest BCUT2D eigenvalue weighted by Crippen LogP contribution is 2.25. The van der Waals surface area contributed by atoms with Gasteiger partial charge < -0.3 is 0 Å². The first-order valence-corrected chi connectivity index (χ1v) is 4.57. The molecule has 1 aliphatic rings. The molecule has 1 aromatic heterocycles. The molecule has 1 aliphatic carbocycles. The summed E-state index contributed by atoms with van der Waals surface area (Å²) in [6.45, 7) is 2.90. The van der Waals surface area contributed by atoms with Gasteiger partial charge in [0.2, 0.25) is 0 Å². The third kappa shape index (κ3) is 1.41. The third-order valence-electron chi connectivity index (χ3n) is 2.32. The fourth-order valence-electron chi connectivity index (χ4n) is 1.66. The van der Waals surface area contributed by atoms with Crippen LogP contribution < -0.4 is 0 Å². The zero-order chi connectivity index (χ0) is 9.26. The summed E-state index contributed by atoms with van der Waals surface area (Å²) in [7, 11) is 0. The van der Waals surface area contributed by atoms with E-state index >= 15 is 0 Å². The lowest BCUT2D eigenvalue weighted by molar-refractivity contribution is -0.114. The van der Waals surface area contributed by atoms with Gasteiger partial charge in [-0.1, -0.05) is 0 Å². The average molecular weight is 176 g/mol. The number of aromatic nitrogens is 2. The molecule has 0 bridgehead atoms. The summed E-state index contributed by atoms with van der Waals surface area (Å²) < 4.78 is 1.92. The molecule has 0 aromatic carbocycles. The largest absolute Gasteiger partial charge is 0.295 e. The molecule has 2 rings (SSSR count). The zero-order valence-electron chi connectivity index (χ0n) is 7.66. The van der Waals surface area contributed by atoms with Crippen molar-refractivity contribution in [3.8, 4) is 0 Å². The van der Waals surface area contributed by atoms with E-state index in [1.807, 2.05) is 17.7 Å². The van der Waals surface area contributed by atoms with E-state index in [1.54, 1.807) is 12.3 Å². The Morgan fingerprint density at radius 1 is 1.54 bits per heavy atom. The van der Waals surface area contributed by atoms with Crippen LogP contribution in [-0.4, -0.2) is 15.6 Å². The van der Waals surface area contributed by atoms with Crippen molar-refractivity contribution in [1.82, 2.24) is 9.78 Å². The van der Waals surface area contributed by atoms with Crippen molar-refractivity contribution in [3.63, 3.8) is 0 Å². The van der Waals surface area contributed by atoms with E-state index in [2.05, 4.69) is 5.10 Å². The van der Waals surface area contributed by atoms with Crippen molar-refractivity contribution >= 4 is 11.4 Å². The van der Waals surface area contributed by atoms with Crippen LogP contribution in [0.4, 0.5) is 0 Å². The molecule has 0 saturated heterocycles. The highest BCUT2D eigenvalue weighted by atomic mass is 16.1. The lowest BCUT2D eigenvalue weighted by atomic mass is 10.2. The molecule has 68 valence electrons. The Morgan fingerprint density at radius 2 is 2.38 bits per heavy atom. The van der Waals surface area contributed by atoms with Crippen molar-refractivity contribution < 1.29 is 4.79 Å². The molecule has 0 unspecified atom stereocenters. The van der Waals surface area contributed by atoms with Gasteiger partial charge in [0.05, 0.1) is 5.69 Å². The van der Waals surface area contributed by atoms with Crippen LogP contribution in [0.5, 0.6) is 0 Å². The highest BCUT2D eigenvalue weighted by molar-refractivity contribution is 6.01. The second kappa shape index (κ2) is 3.17. The topological polar surface area (TPSA) is 34.9 Å². The van der Waals surface area contributed by atoms with Crippen LogP contribution in [0.3, 0.4) is 0 Å². The summed E-state index contributed by atoms with van der Waals surface area (Å²) in [5.41, 5.74) is 2.22. The number of carbonyl (C=O) groups excluding carboxylic acids is 1. The highest BCUT2D eigenvalue weighted by Gasteiger charge is 2.15. The molecule has 13 heavy (non-hydrogen) atoms. The standard InChI is InChI=1S/C10H12N2O/c1-2-12-10(5-6-11-12)8-3-4-9(13)7-8/h5-7H,2-4H2,1H3. The fraction of sp³-hybridized carbons (Fsp3) is 0.400. The number of rotatable bonds is 2. The van der Waals surface area contributed by atoms with Crippen molar-refractivity contribution in [1.29, 1.82) is 0 Å². The first-order valence-electron chi connectivity index (χ1n) is 4.57. The lowest BCUT2D eigenvalue weighted by Crippen LogP contribution is -2.00. The average Bonchev–Trinajstić information content (AvgIpc) is 2.71. The monoisotopic (exact) mass is 176 g/mol. The predicted molar refractivity (Wildman–Crippen MR) is 50.1 cm³/mol. The van der Waals surface area contributed by atoms with Crippen LogP contribution in [0.1, 0.15) is 25.5 Å². The number of hydrogen-bond acceptors (Lipinski definition) is 2. The minimum atomic E-state index is 0.235. The minimum Gasteiger partial charge on any atom is -0.295 e. The van der Waals surface area contributed by atoms with Gasteiger partial charge in [-0.15, -0.1) is 0 Å². The molecule has 1 aromatic rings. The van der Waals surface area contributed by atoms with Gasteiger partial charge in [0, 0.05) is 19.2 Å². The molecule has 0 atom stereocenters. The van der Waals surface area contributed by atoms with Crippen molar-refractivity contribution in [2.75, 3.05) is 0 Å². The van der Waals surface area contributed by atoms with E-state index in [9.17, 15) is 4.79 Å². The first-order chi connectivity index (χ1) is 6.31. The van der Waals surface area contributed by atoms with E-state index in [1.165, 1.54) is 0 Å². The molecule has 0 spiro atoms. The van der Waals surface area contributed by atoms with Crippen LogP contribution >= 0.6 is 0 Å². The van der Waals surface area contributed by atoms with Gasteiger partial charge in [-0.2, -0.15) is 5.10 Å². The van der Waals surface area contributed by atoms with E-state index < -0.39 is 0 Å². The number of nitrogens with zero attached hydrogens (tertiary/aromatic N) is 2. The summed E-state index contributed by atoms with van der Waals surface area (Å²) in [5.74, 6) is 0.235. The van der Waals surface area contributed by atoms with Crippen LogP contribution in [0.15, 0.2) is 18.3 Å². The van der Waals surface area contributed by atoms with Crippen LogP contribution in [0, 0.1) is 0 Å². The maximum absolute atomic E-state index is 11.0. The molecule has 3 nitrogen and oxygen atoms in total. The summed E-state index contributed by atoms with van der Waals surface area (Å²) in [6, 6.07) is 1.97. The first kappa shape index (κ1) is 8.23. The lowest BCUT2D eigenvalue weighted by Gasteiger charge is -2.03. The minimum absolute atomic E-state index is 0.235. The van der Waals surface area contributed by atoms with E-state index in [0.717, 1.165) is 24.2 Å².